The summed E-state index contributed by atoms with van der Waals surface area (Å²) in [5, 5.41) is 7.72. The van der Waals surface area contributed by atoms with Crippen LogP contribution >= 0.6 is 11.3 Å². The van der Waals surface area contributed by atoms with Crippen LogP contribution < -0.4 is 10.6 Å². The lowest BCUT2D eigenvalue weighted by molar-refractivity contribution is -0.117. The lowest BCUT2D eigenvalue weighted by Crippen LogP contribution is -2.47. The summed E-state index contributed by atoms with van der Waals surface area (Å²) in [6, 6.07) is 3.58. The summed E-state index contributed by atoms with van der Waals surface area (Å²) in [6.07, 6.45) is 1.10. The summed E-state index contributed by atoms with van der Waals surface area (Å²) in [7, 11) is 0. The monoisotopic (exact) mass is 365 g/mol. The van der Waals surface area contributed by atoms with Gasteiger partial charge in [0.2, 0.25) is 5.91 Å². The van der Waals surface area contributed by atoms with Crippen molar-refractivity contribution < 1.29 is 18.7 Å². The van der Waals surface area contributed by atoms with Crippen molar-refractivity contribution in [3.8, 4) is 11.5 Å². The third-order valence-corrected chi connectivity index (χ3v) is 3.72. The molecule has 0 saturated heterocycles. The molecule has 0 saturated carbocycles. The molecule has 0 unspecified atom stereocenters. The zero-order valence-corrected chi connectivity index (χ0v) is 15.8. The van der Waals surface area contributed by atoms with E-state index in [1.54, 1.807) is 58.4 Å². The zero-order chi connectivity index (χ0) is 18.7. The fraction of sp³-hybridized carbons (Fsp3) is 0.471. The van der Waals surface area contributed by atoms with Crippen LogP contribution in [0.4, 0.5) is 9.93 Å². The van der Waals surface area contributed by atoms with Crippen molar-refractivity contribution in [2.75, 3.05) is 5.32 Å². The Morgan fingerprint density at radius 3 is 2.60 bits per heavy atom. The molecule has 0 aliphatic carbocycles. The molecule has 2 heterocycles. The van der Waals surface area contributed by atoms with E-state index in [1.807, 2.05) is 0 Å². The first-order chi connectivity index (χ1) is 11.5. The topological polar surface area (TPSA) is 93.5 Å². The number of hydrogen-bond donors (Lipinski definition) is 2. The normalized spacial score (nSPS) is 11.9. The number of carbonyl (C=O) groups is 2. The van der Waals surface area contributed by atoms with Crippen molar-refractivity contribution in [1.82, 2.24) is 10.3 Å². The fourth-order valence-electron chi connectivity index (χ4n) is 2.06. The molecular weight excluding hydrogens is 342 g/mol. The van der Waals surface area contributed by atoms with Crippen LogP contribution in [0, 0.1) is 0 Å². The van der Waals surface area contributed by atoms with E-state index >= 15 is 0 Å². The number of aromatic nitrogens is 1. The number of nitrogens with one attached hydrogen (secondary N) is 2. The summed E-state index contributed by atoms with van der Waals surface area (Å²) in [4.78, 5) is 28.4. The van der Waals surface area contributed by atoms with Crippen molar-refractivity contribution in [3.05, 3.63) is 23.8 Å². The molecule has 0 spiro atoms. The van der Waals surface area contributed by atoms with Gasteiger partial charge in [-0.25, -0.2) is 9.78 Å². The van der Waals surface area contributed by atoms with Gasteiger partial charge in [-0.05, 0) is 46.8 Å². The van der Waals surface area contributed by atoms with Crippen LogP contribution in [-0.2, 0) is 9.53 Å². The van der Waals surface area contributed by atoms with Gasteiger partial charge in [0, 0.05) is 17.3 Å². The van der Waals surface area contributed by atoms with Gasteiger partial charge in [0.1, 0.15) is 11.3 Å². The maximum Gasteiger partial charge on any atom is 0.408 e. The van der Waals surface area contributed by atoms with Crippen LogP contribution in [0.25, 0.3) is 11.5 Å². The van der Waals surface area contributed by atoms with Gasteiger partial charge in [0.25, 0.3) is 0 Å². The summed E-state index contributed by atoms with van der Waals surface area (Å²) < 4.78 is 10.5. The highest BCUT2D eigenvalue weighted by Crippen LogP contribution is 2.25. The van der Waals surface area contributed by atoms with Crippen molar-refractivity contribution >= 4 is 28.5 Å². The molecule has 0 aromatic carbocycles. The van der Waals surface area contributed by atoms with Crippen LogP contribution in [0.5, 0.6) is 0 Å². The minimum absolute atomic E-state index is 0.0852. The molecule has 2 amide bonds. The lowest BCUT2D eigenvalue weighted by Gasteiger charge is -2.28. The van der Waals surface area contributed by atoms with E-state index in [-0.39, 0.29) is 12.3 Å². The van der Waals surface area contributed by atoms with Crippen LogP contribution in [0.1, 0.15) is 41.0 Å². The van der Waals surface area contributed by atoms with E-state index in [1.165, 1.54) is 11.3 Å². The summed E-state index contributed by atoms with van der Waals surface area (Å²) in [6.45, 7) is 8.86. The van der Waals surface area contributed by atoms with E-state index in [0.29, 0.717) is 16.6 Å². The zero-order valence-electron chi connectivity index (χ0n) is 15.0. The number of furan rings is 1. The molecule has 0 fully saturated rings. The third-order valence-electron chi connectivity index (χ3n) is 2.97. The Hall–Kier alpha value is -2.35. The standard InChI is InChI=1S/C17H23N3O4S/c1-16(2,3)24-15(22)20-17(4,5)9-13(21)19-14-18-11(10-25-14)12-7-6-8-23-12/h6-8,10H,9H2,1-5H3,(H,20,22)(H,18,19,21). The quantitative estimate of drug-likeness (QED) is 0.834. The maximum atomic E-state index is 12.2. The number of ether oxygens (including phenoxy) is 1. The average Bonchev–Trinajstić information content (AvgIpc) is 3.03. The molecule has 2 rings (SSSR count). The largest absolute Gasteiger partial charge is 0.463 e. The predicted molar refractivity (Wildman–Crippen MR) is 96.5 cm³/mol. The first kappa shape index (κ1) is 19.0. The molecule has 8 heteroatoms. The highest BCUT2D eigenvalue weighted by molar-refractivity contribution is 7.14. The Kier molecular flexibility index (Phi) is 5.52. The molecule has 7 nitrogen and oxygen atoms in total. The molecule has 0 atom stereocenters. The maximum absolute atomic E-state index is 12.2. The van der Waals surface area contributed by atoms with Crippen LogP contribution in [0.15, 0.2) is 28.2 Å². The van der Waals surface area contributed by atoms with E-state index in [0.717, 1.165) is 0 Å². The van der Waals surface area contributed by atoms with E-state index in [9.17, 15) is 9.59 Å². The third kappa shape index (κ3) is 6.22. The molecule has 25 heavy (non-hydrogen) atoms. The summed E-state index contributed by atoms with van der Waals surface area (Å²) in [5.41, 5.74) is -0.685. The first-order valence-corrected chi connectivity index (χ1v) is 8.72. The van der Waals surface area contributed by atoms with Crippen molar-refractivity contribution in [2.45, 2.75) is 52.2 Å². The number of anilines is 1. The van der Waals surface area contributed by atoms with Gasteiger partial charge in [0.05, 0.1) is 6.26 Å². The van der Waals surface area contributed by atoms with Crippen molar-refractivity contribution in [3.63, 3.8) is 0 Å². The molecule has 136 valence electrons. The van der Waals surface area contributed by atoms with Crippen LogP contribution in [-0.4, -0.2) is 28.1 Å². The van der Waals surface area contributed by atoms with Gasteiger partial charge in [0.15, 0.2) is 10.9 Å². The second kappa shape index (κ2) is 7.26. The second-order valence-electron chi connectivity index (χ2n) is 7.25. The van der Waals surface area contributed by atoms with Gasteiger partial charge in [-0.15, -0.1) is 11.3 Å². The Balaban J connectivity index is 1.89. The number of nitrogens with zero attached hydrogens (tertiary/aromatic N) is 1. The lowest BCUT2D eigenvalue weighted by atomic mass is 10.0. The van der Waals surface area contributed by atoms with E-state index < -0.39 is 17.2 Å². The number of carbonyl (C=O) groups excluding carboxylic acids is 2. The molecule has 2 aromatic heterocycles. The highest BCUT2D eigenvalue weighted by atomic mass is 32.1. The number of hydrogen-bond acceptors (Lipinski definition) is 6. The molecule has 0 radical (unpaired) electrons. The van der Waals surface area contributed by atoms with Gasteiger partial charge in [-0.2, -0.15) is 0 Å². The predicted octanol–water partition coefficient (Wildman–Crippen LogP) is 4.04. The van der Waals surface area contributed by atoms with Crippen molar-refractivity contribution in [2.24, 2.45) is 0 Å². The highest BCUT2D eigenvalue weighted by Gasteiger charge is 2.27. The molecule has 2 aromatic rings. The second-order valence-corrected chi connectivity index (χ2v) is 8.11. The first-order valence-electron chi connectivity index (χ1n) is 7.84. The smallest absolute Gasteiger partial charge is 0.408 e. The molecule has 0 aliphatic rings. The van der Waals surface area contributed by atoms with E-state index in [2.05, 4.69) is 15.6 Å². The Bertz CT molecular complexity index is 729. The van der Waals surface area contributed by atoms with Crippen molar-refractivity contribution in [1.29, 1.82) is 0 Å². The number of amides is 2. The number of alkyl carbamates (subject to hydrolysis) is 1. The van der Waals surface area contributed by atoms with Crippen LogP contribution in [0.2, 0.25) is 0 Å². The summed E-state index contributed by atoms with van der Waals surface area (Å²) in [5.74, 6) is 0.394. The number of thiazole rings is 1. The minimum Gasteiger partial charge on any atom is -0.463 e. The Morgan fingerprint density at radius 2 is 2.00 bits per heavy atom. The molecule has 0 aliphatic heterocycles. The Morgan fingerprint density at radius 1 is 1.28 bits per heavy atom. The van der Waals surface area contributed by atoms with Gasteiger partial charge in [-0.3, -0.25) is 4.79 Å². The Labute approximate surface area is 150 Å². The summed E-state index contributed by atoms with van der Waals surface area (Å²) >= 11 is 1.31. The van der Waals surface area contributed by atoms with Crippen LogP contribution in [0.3, 0.4) is 0 Å². The molecule has 0 bridgehead atoms. The van der Waals surface area contributed by atoms with E-state index in [4.69, 9.17) is 9.15 Å². The fourth-order valence-corrected chi connectivity index (χ4v) is 2.77. The average molecular weight is 365 g/mol. The van der Waals surface area contributed by atoms with Gasteiger partial charge < -0.3 is 19.8 Å². The minimum atomic E-state index is -0.756. The SMILES string of the molecule is CC(C)(CC(=O)Nc1nc(-c2ccco2)cs1)NC(=O)OC(C)(C)C. The van der Waals surface area contributed by atoms with Gasteiger partial charge >= 0.3 is 6.09 Å². The molecule has 2 N–H and O–H groups in total. The van der Waals surface area contributed by atoms with Gasteiger partial charge in [-0.1, -0.05) is 0 Å². The molecular formula is C17H23N3O4S. The number of rotatable bonds is 5.